The molecule has 344 valence electrons. The van der Waals surface area contributed by atoms with Gasteiger partial charge in [-0.15, -0.1) is 0 Å². The number of quaternary nitrogens is 2. The standard InChI is InChI=1S/C46H95N3O6.2ClH/c1-8-11-14-17-19-21-23-25-27-32-45(52)54-37-30-35-48(4,5)41-43(50)39-47(34-29-16-13-10-3)40-44(51)42-49(6,7)36-31-38-55-46(53)33-28-26-24-22-20-18-15-12-9-2;;/h43-44,50-51H,8-42H2,1-7H3;2*1H/q+2;;/p-2. The number of likely N-dealkylation sites (N-methyl/N-ethyl adjacent to an activating group) is 2. The quantitative estimate of drug-likeness (QED) is 0.0554. The van der Waals surface area contributed by atoms with Gasteiger partial charge in [0, 0.05) is 38.8 Å². The molecule has 0 aliphatic heterocycles. The van der Waals surface area contributed by atoms with Crippen LogP contribution in [0, 0.1) is 0 Å². The number of carbonyl (C=O) groups excluding carboxylic acids is 2. The number of unbranched alkanes of at least 4 members (excludes halogenated alkanes) is 19. The van der Waals surface area contributed by atoms with Crippen LogP contribution >= 0.6 is 0 Å². The van der Waals surface area contributed by atoms with Crippen molar-refractivity contribution < 1.29 is 63.1 Å². The molecule has 0 aromatic rings. The summed E-state index contributed by atoms with van der Waals surface area (Å²) in [6.07, 6.45) is 28.3. The number of aliphatic hydroxyl groups is 2. The van der Waals surface area contributed by atoms with E-state index in [9.17, 15) is 19.8 Å². The molecular weight excluding hydrogens is 761 g/mol. The maximum Gasteiger partial charge on any atom is 0.305 e. The van der Waals surface area contributed by atoms with Crippen LogP contribution in [-0.2, 0) is 19.1 Å². The van der Waals surface area contributed by atoms with Crippen LogP contribution < -0.4 is 24.8 Å². The molecule has 0 aliphatic rings. The lowest BCUT2D eigenvalue weighted by molar-refractivity contribution is -0.893. The largest absolute Gasteiger partial charge is 1.00 e. The van der Waals surface area contributed by atoms with Gasteiger partial charge < -0.3 is 53.5 Å². The summed E-state index contributed by atoms with van der Waals surface area (Å²) in [7, 11) is 8.51. The van der Waals surface area contributed by atoms with Gasteiger partial charge in [0.1, 0.15) is 25.3 Å². The van der Waals surface area contributed by atoms with E-state index in [0.717, 1.165) is 71.0 Å². The molecule has 0 radical (unpaired) electrons. The van der Waals surface area contributed by atoms with E-state index in [1.165, 1.54) is 103 Å². The second kappa shape index (κ2) is 40.7. The maximum absolute atomic E-state index is 12.2. The Hall–Kier alpha value is -0.680. The van der Waals surface area contributed by atoms with Gasteiger partial charge in [0.2, 0.25) is 0 Å². The van der Waals surface area contributed by atoms with Crippen molar-refractivity contribution in [2.24, 2.45) is 0 Å². The van der Waals surface area contributed by atoms with E-state index in [4.69, 9.17) is 9.47 Å². The second-order valence-corrected chi connectivity index (χ2v) is 18.1. The van der Waals surface area contributed by atoms with E-state index in [2.05, 4.69) is 53.9 Å². The Morgan fingerprint density at radius 2 is 0.772 bits per heavy atom. The molecule has 0 fully saturated rings. The van der Waals surface area contributed by atoms with Gasteiger partial charge in [-0.2, -0.15) is 0 Å². The molecule has 2 N–H and O–H groups in total. The van der Waals surface area contributed by atoms with Crippen LogP contribution in [0.3, 0.4) is 0 Å². The van der Waals surface area contributed by atoms with Crippen molar-refractivity contribution in [1.82, 2.24) is 4.90 Å². The number of ether oxygens (including phenoxy) is 2. The second-order valence-electron chi connectivity index (χ2n) is 18.1. The molecule has 0 saturated carbocycles. The lowest BCUT2D eigenvalue weighted by Crippen LogP contribution is -3.00. The molecule has 0 amide bonds. The van der Waals surface area contributed by atoms with E-state index >= 15 is 0 Å². The fraction of sp³-hybridized carbons (Fsp3) is 0.957. The summed E-state index contributed by atoms with van der Waals surface area (Å²) in [4.78, 5) is 26.7. The number of halogens is 2. The van der Waals surface area contributed by atoms with Crippen molar-refractivity contribution in [1.29, 1.82) is 0 Å². The highest BCUT2D eigenvalue weighted by Gasteiger charge is 2.26. The molecule has 2 atom stereocenters. The lowest BCUT2D eigenvalue weighted by Gasteiger charge is -2.36. The molecule has 0 bridgehead atoms. The maximum atomic E-state index is 12.2. The van der Waals surface area contributed by atoms with E-state index in [1.54, 1.807) is 0 Å². The van der Waals surface area contributed by atoms with Crippen LogP contribution in [0.25, 0.3) is 0 Å². The third-order valence-corrected chi connectivity index (χ3v) is 11.0. The number of carbonyl (C=O) groups is 2. The molecule has 0 saturated heterocycles. The van der Waals surface area contributed by atoms with Crippen LogP contribution in [0.2, 0.25) is 0 Å². The van der Waals surface area contributed by atoms with Crippen LogP contribution in [-0.4, -0.2) is 135 Å². The molecule has 0 rings (SSSR count). The predicted molar refractivity (Wildman–Crippen MR) is 231 cm³/mol. The zero-order chi connectivity index (χ0) is 41.0. The summed E-state index contributed by atoms with van der Waals surface area (Å²) in [5.41, 5.74) is 0. The number of rotatable bonds is 41. The van der Waals surface area contributed by atoms with Gasteiger partial charge in [-0.3, -0.25) is 14.5 Å². The van der Waals surface area contributed by atoms with Gasteiger partial charge in [0.05, 0.1) is 54.5 Å². The van der Waals surface area contributed by atoms with Gasteiger partial charge >= 0.3 is 11.9 Å². The van der Waals surface area contributed by atoms with Crippen LogP contribution in [0.15, 0.2) is 0 Å². The van der Waals surface area contributed by atoms with Crippen molar-refractivity contribution in [3.63, 3.8) is 0 Å². The van der Waals surface area contributed by atoms with Crippen molar-refractivity contribution in [2.45, 2.75) is 200 Å². The minimum absolute atomic E-state index is 0. The summed E-state index contributed by atoms with van der Waals surface area (Å²) in [6.45, 7) is 12.3. The van der Waals surface area contributed by atoms with Gasteiger partial charge in [-0.05, 0) is 25.8 Å². The number of esters is 2. The summed E-state index contributed by atoms with van der Waals surface area (Å²) < 4.78 is 12.4. The number of hydrogen-bond donors (Lipinski definition) is 2. The molecule has 0 heterocycles. The third kappa shape index (κ3) is 41.8. The van der Waals surface area contributed by atoms with Crippen LogP contribution in [0.1, 0.15) is 188 Å². The van der Waals surface area contributed by atoms with Gasteiger partial charge in [-0.25, -0.2) is 0 Å². The first kappa shape index (κ1) is 60.6. The third-order valence-electron chi connectivity index (χ3n) is 11.0. The Morgan fingerprint density at radius 3 is 1.11 bits per heavy atom. The fourth-order valence-corrected chi connectivity index (χ4v) is 7.72. The molecule has 0 spiro atoms. The Morgan fingerprint density at radius 1 is 0.474 bits per heavy atom. The van der Waals surface area contributed by atoms with Crippen molar-refractivity contribution in [3.05, 3.63) is 0 Å². The smallest absolute Gasteiger partial charge is 0.305 e. The highest BCUT2D eigenvalue weighted by Crippen LogP contribution is 2.14. The average Bonchev–Trinajstić information content (AvgIpc) is 3.11. The molecule has 0 aromatic heterocycles. The van der Waals surface area contributed by atoms with Crippen LogP contribution in [0.4, 0.5) is 0 Å². The van der Waals surface area contributed by atoms with Crippen molar-refractivity contribution >= 4 is 11.9 Å². The minimum atomic E-state index is -0.518. The number of hydrogen-bond acceptors (Lipinski definition) is 7. The first-order valence-corrected chi connectivity index (χ1v) is 23.4. The van der Waals surface area contributed by atoms with Gasteiger partial charge in [-0.1, -0.05) is 143 Å². The minimum Gasteiger partial charge on any atom is -1.00 e. The molecule has 9 nitrogen and oxygen atoms in total. The molecule has 2 unspecified atom stereocenters. The Balaban J connectivity index is -0.0000146. The molecular formula is C46H95Cl2N3O6. The van der Waals surface area contributed by atoms with Crippen molar-refractivity contribution in [2.75, 3.05) is 87.2 Å². The van der Waals surface area contributed by atoms with E-state index in [-0.39, 0.29) is 36.8 Å². The van der Waals surface area contributed by atoms with E-state index < -0.39 is 12.2 Å². The summed E-state index contributed by atoms with van der Waals surface area (Å²) >= 11 is 0. The summed E-state index contributed by atoms with van der Waals surface area (Å²) in [6, 6.07) is 0. The van der Waals surface area contributed by atoms with Gasteiger partial charge in [0.25, 0.3) is 0 Å². The predicted octanol–water partition coefficient (Wildman–Crippen LogP) is 3.46. The van der Waals surface area contributed by atoms with Crippen LogP contribution in [0.5, 0.6) is 0 Å². The Labute approximate surface area is 365 Å². The zero-order valence-corrected chi connectivity index (χ0v) is 40.0. The molecule has 0 aliphatic carbocycles. The first-order valence-electron chi connectivity index (χ1n) is 23.4. The number of aliphatic hydroxyl groups excluding tert-OH is 2. The highest BCUT2D eigenvalue weighted by atomic mass is 35.5. The Bertz CT molecular complexity index is 834. The lowest BCUT2D eigenvalue weighted by atomic mass is 10.1. The van der Waals surface area contributed by atoms with Crippen molar-refractivity contribution in [3.8, 4) is 0 Å². The number of nitrogens with zero attached hydrogens (tertiary/aromatic N) is 3. The SMILES string of the molecule is CCCCCCCCCCCC(=O)OCCC[N+](C)(C)CC(O)CN(CCCCCC)CC(O)C[N+](C)(C)CCCOC(=O)CCCCCCCCCCC.[Cl-].[Cl-]. The summed E-state index contributed by atoms with van der Waals surface area (Å²) in [5.74, 6) is -0.175. The molecule has 0 aromatic carbocycles. The highest BCUT2D eigenvalue weighted by molar-refractivity contribution is 5.69. The monoisotopic (exact) mass is 856 g/mol. The average molecular weight is 857 g/mol. The van der Waals surface area contributed by atoms with E-state index in [1.807, 2.05) is 0 Å². The molecule has 11 heteroatoms. The first-order chi connectivity index (χ1) is 26.3. The van der Waals surface area contributed by atoms with E-state index in [0.29, 0.717) is 61.2 Å². The topological polar surface area (TPSA) is 96.3 Å². The normalized spacial score (nSPS) is 12.9. The van der Waals surface area contributed by atoms with Gasteiger partial charge in [0.15, 0.2) is 0 Å². The molecule has 57 heavy (non-hydrogen) atoms. The zero-order valence-electron chi connectivity index (χ0n) is 38.5. The fourth-order valence-electron chi connectivity index (χ4n) is 7.72. The summed E-state index contributed by atoms with van der Waals surface area (Å²) in [5, 5.41) is 22.4. The Kier molecular flexibility index (Phi) is 43.3.